The summed E-state index contributed by atoms with van der Waals surface area (Å²) >= 11 is 1.56. The Balaban J connectivity index is 1.61. The van der Waals surface area contributed by atoms with Gasteiger partial charge in [0.05, 0.1) is 5.56 Å². The average molecular weight is 454 g/mol. The third-order valence-electron chi connectivity index (χ3n) is 6.04. The van der Waals surface area contributed by atoms with Crippen LogP contribution in [-0.2, 0) is 14.3 Å². The van der Waals surface area contributed by atoms with Crippen molar-refractivity contribution in [2.75, 3.05) is 11.1 Å². The second kappa shape index (κ2) is 8.14. The maximum atomic E-state index is 12.9. The van der Waals surface area contributed by atoms with Crippen LogP contribution in [0.15, 0.2) is 58.7 Å². The summed E-state index contributed by atoms with van der Waals surface area (Å²) in [6.45, 7) is 11.7. The quantitative estimate of drug-likeness (QED) is 0.573. The minimum absolute atomic E-state index is 0.0343. The van der Waals surface area contributed by atoms with Gasteiger partial charge >= 0.3 is 5.97 Å². The molecule has 1 fully saturated rings. The van der Waals surface area contributed by atoms with Crippen molar-refractivity contribution in [2.45, 2.75) is 58.8 Å². The Hall–Kier alpha value is -2.47. The van der Waals surface area contributed by atoms with Crippen LogP contribution in [0.2, 0.25) is 0 Å². The molecule has 4 atom stereocenters. The first-order chi connectivity index (χ1) is 15.1. The van der Waals surface area contributed by atoms with Crippen molar-refractivity contribution in [3.8, 4) is 0 Å². The number of hydrogen-bond donors (Lipinski definition) is 1. The van der Waals surface area contributed by atoms with Gasteiger partial charge in [-0.3, -0.25) is 4.79 Å². The first kappa shape index (κ1) is 22.7. The Morgan fingerprint density at radius 2 is 2.00 bits per heavy atom. The van der Waals surface area contributed by atoms with Gasteiger partial charge in [0, 0.05) is 35.2 Å². The van der Waals surface area contributed by atoms with Crippen molar-refractivity contribution in [2.24, 2.45) is 11.8 Å². The second-order valence-corrected chi connectivity index (χ2v) is 10.9. The highest BCUT2D eigenvalue weighted by atomic mass is 32.2. The number of thioether (sulfide) groups is 1. The molecule has 1 spiro atoms. The molecule has 1 saturated carbocycles. The largest absolute Gasteiger partial charge is 0.475 e. The summed E-state index contributed by atoms with van der Waals surface area (Å²) in [6, 6.07) is 7.36. The summed E-state index contributed by atoms with van der Waals surface area (Å²) in [5.74, 6) is 0.708. The Morgan fingerprint density at radius 1 is 1.28 bits per heavy atom. The van der Waals surface area contributed by atoms with Crippen LogP contribution >= 0.6 is 11.8 Å². The van der Waals surface area contributed by atoms with Gasteiger partial charge in [-0.1, -0.05) is 42.5 Å². The molecule has 6 heteroatoms. The van der Waals surface area contributed by atoms with E-state index in [-0.39, 0.29) is 29.6 Å². The van der Waals surface area contributed by atoms with E-state index in [0.717, 1.165) is 22.6 Å². The first-order valence-corrected chi connectivity index (χ1v) is 12.1. The average Bonchev–Trinajstić information content (AvgIpc) is 3.32. The molecular weight excluding hydrogens is 422 g/mol. The monoisotopic (exact) mass is 453 g/mol. The van der Waals surface area contributed by atoms with E-state index in [1.807, 2.05) is 58.9 Å². The summed E-state index contributed by atoms with van der Waals surface area (Å²) < 4.78 is 12.1. The van der Waals surface area contributed by atoms with Crippen molar-refractivity contribution in [1.82, 2.24) is 0 Å². The Kier molecular flexibility index (Phi) is 5.78. The Bertz CT molecular complexity index is 1050. The number of rotatable bonds is 6. The van der Waals surface area contributed by atoms with Crippen molar-refractivity contribution < 1.29 is 19.1 Å². The normalized spacial score (nSPS) is 27.1. The smallest absolute Gasteiger partial charge is 0.340 e. The molecule has 2 aliphatic carbocycles. The van der Waals surface area contributed by atoms with Crippen LogP contribution < -0.4 is 5.32 Å². The van der Waals surface area contributed by atoms with Crippen LogP contribution in [0.3, 0.4) is 0 Å². The molecule has 4 rings (SSSR count). The highest BCUT2D eigenvalue weighted by Gasteiger charge is 2.73. The lowest BCUT2D eigenvalue weighted by molar-refractivity contribution is -0.114. The van der Waals surface area contributed by atoms with Gasteiger partial charge < -0.3 is 14.8 Å². The van der Waals surface area contributed by atoms with E-state index in [9.17, 15) is 9.59 Å². The molecule has 0 bridgehead atoms. The predicted octanol–water partition coefficient (Wildman–Crippen LogP) is 5.51. The molecule has 5 nitrogen and oxygen atoms in total. The molecule has 170 valence electrons. The lowest BCUT2D eigenvalue weighted by Gasteiger charge is -2.30. The number of carbonyl (C=O) groups is 2. The molecule has 1 aromatic carbocycles. The van der Waals surface area contributed by atoms with Crippen LogP contribution in [0.5, 0.6) is 0 Å². The second-order valence-electron chi connectivity index (χ2n) is 9.66. The van der Waals surface area contributed by atoms with E-state index >= 15 is 0 Å². The number of ketones is 1. The van der Waals surface area contributed by atoms with Gasteiger partial charge in [-0.25, -0.2) is 4.79 Å². The lowest BCUT2D eigenvalue weighted by Crippen LogP contribution is -2.34. The maximum Gasteiger partial charge on any atom is 0.340 e. The summed E-state index contributed by atoms with van der Waals surface area (Å²) in [5, 5.41) is 4.22. The molecule has 0 saturated heterocycles. The van der Waals surface area contributed by atoms with Gasteiger partial charge in [-0.15, -0.1) is 0 Å². The van der Waals surface area contributed by atoms with Crippen LogP contribution in [0.4, 0.5) is 5.69 Å². The molecule has 3 aliphatic rings. The van der Waals surface area contributed by atoms with E-state index in [2.05, 4.69) is 18.3 Å². The highest BCUT2D eigenvalue weighted by Crippen LogP contribution is 2.65. The van der Waals surface area contributed by atoms with Gasteiger partial charge in [0.25, 0.3) is 0 Å². The van der Waals surface area contributed by atoms with Crippen molar-refractivity contribution in [1.29, 1.82) is 0 Å². The van der Waals surface area contributed by atoms with E-state index < -0.39 is 11.2 Å². The van der Waals surface area contributed by atoms with Crippen molar-refractivity contribution in [3.63, 3.8) is 0 Å². The van der Waals surface area contributed by atoms with Crippen LogP contribution in [0.25, 0.3) is 0 Å². The Morgan fingerprint density at radius 3 is 2.69 bits per heavy atom. The molecule has 1 N–H and O–H groups in total. The zero-order valence-electron chi connectivity index (χ0n) is 19.5. The molecular formula is C26H31NO4S. The minimum atomic E-state index is -0.629. The number of para-hydroxylation sites is 1. The molecule has 4 unspecified atom stereocenters. The van der Waals surface area contributed by atoms with Gasteiger partial charge in [-0.2, -0.15) is 0 Å². The third-order valence-corrected chi connectivity index (χ3v) is 6.82. The summed E-state index contributed by atoms with van der Waals surface area (Å²) in [7, 11) is 0. The highest BCUT2D eigenvalue weighted by molar-refractivity contribution is 8.02. The van der Waals surface area contributed by atoms with E-state index in [4.69, 9.17) is 9.47 Å². The SMILES string of the molecule is CCSC1=CC(=O)C2=CC(C)=CC3C(C(C)Nc4ccccc4C(=O)OC(C)(C)C)C23O1. The number of carbonyl (C=O) groups excluding carboxylic acids is 2. The Labute approximate surface area is 194 Å². The first-order valence-electron chi connectivity index (χ1n) is 11.1. The molecule has 1 aliphatic heterocycles. The van der Waals surface area contributed by atoms with E-state index in [1.165, 1.54) is 0 Å². The predicted molar refractivity (Wildman–Crippen MR) is 129 cm³/mol. The number of nitrogens with one attached hydrogen (secondary N) is 1. The summed E-state index contributed by atoms with van der Waals surface area (Å²) in [6.07, 6.45) is 5.79. The molecule has 0 radical (unpaired) electrons. The molecule has 0 amide bonds. The molecule has 1 heterocycles. The zero-order valence-corrected chi connectivity index (χ0v) is 20.3. The summed E-state index contributed by atoms with van der Waals surface area (Å²) in [4.78, 5) is 25.7. The fourth-order valence-electron chi connectivity index (χ4n) is 4.86. The number of allylic oxidation sites excluding steroid dienone is 3. The van der Waals surface area contributed by atoms with Crippen LogP contribution in [-0.4, -0.2) is 34.7 Å². The number of anilines is 1. The third kappa shape index (κ3) is 4.01. The topological polar surface area (TPSA) is 64.6 Å². The van der Waals surface area contributed by atoms with Gasteiger partial charge in [-0.05, 0) is 58.6 Å². The lowest BCUT2D eigenvalue weighted by atomic mass is 9.91. The summed E-state index contributed by atoms with van der Waals surface area (Å²) in [5.41, 5.74) is 1.85. The molecule has 32 heavy (non-hydrogen) atoms. The number of benzene rings is 1. The number of hydrogen-bond acceptors (Lipinski definition) is 6. The van der Waals surface area contributed by atoms with Crippen molar-refractivity contribution >= 4 is 29.2 Å². The van der Waals surface area contributed by atoms with Crippen LogP contribution in [0, 0.1) is 11.8 Å². The van der Waals surface area contributed by atoms with Gasteiger partial charge in [0.2, 0.25) is 0 Å². The fourth-order valence-corrected chi connectivity index (χ4v) is 5.53. The molecule has 0 aromatic heterocycles. The zero-order chi connectivity index (χ0) is 23.3. The maximum absolute atomic E-state index is 12.9. The van der Waals surface area contributed by atoms with E-state index in [0.29, 0.717) is 10.7 Å². The van der Waals surface area contributed by atoms with Crippen LogP contribution in [0.1, 0.15) is 51.9 Å². The van der Waals surface area contributed by atoms with Crippen molar-refractivity contribution in [3.05, 3.63) is 64.3 Å². The number of ether oxygens (including phenoxy) is 2. The molecule has 1 aromatic rings. The minimum Gasteiger partial charge on any atom is -0.475 e. The fraction of sp³-hybridized carbons (Fsp3) is 0.462. The van der Waals surface area contributed by atoms with Gasteiger partial charge in [0.15, 0.2) is 16.5 Å². The number of esters is 1. The standard InChI is InChI=1S/C26H31NO4S/c1-7-32-22-14-21(28)18-12-15(2)13-19-23(26(18,19)30-22)16(3)27-20-11-9-8-10-17(20)24(29)31-25(4,5)6/h8-14,16,19,23,27H,7H2,1-6H3. The van der Waals surface area contributed by atoms with Gasteiger partial charge in [0.1, 0.15) is 5.60 Å². The van der Waals surface area contributed by atoms with E-state index in [1.54, 1.807) is 23.9 Å².